The molecule has 1 aliphatic rings. The van der Waals surface area contributed by atoms with E-state index in [1.54, 1.807) is 12.5 Å². The van der Waals surface area contributed by atoms with Crippen LogP contribution in [-0.4, -0.2) is 59.1 Å². The fourth-order valence-electron chi connectivity index (χ4n) is 3.38. The molecular formula is C21H27IN6O2. The molecule has 0 saturated carbocycles. The minimum Gasteiger partial charge on any atom is -0.444 e. The van der Waals surface area contributed by atoms with Crippen LogP contribution in [0.3, 0.4) is 0 Å². The molecule has 0 bridgehead atoms. The molecule has 3 aromatic rings. The Morgan fingerprint density at radius 2 is 1.87 bits per heavy atom. The summed E-state index contributed by atoms with van der Waals surface area (Å²) in [5, 5.41) is 7.39. The van der Waals surface area contributed by atoms with Crippen LogP contribution < -0.4 is 5.32 Å². The van der Waals surface area contributed by atoms with Gasteiger partial charge in [-0.1, -0.05) is 22.9 Å². The van der Waals surface area contributed by atoms with E-state index in [1.165, 1.54) is 5.56 Å². The van der Waals surface area contributed by atoms with Crippen LogP contribution in [0.2, 0.25) is 0 Å². The molecule has 4 rings (SSSR count). The molecule has 0 radical (unpaired) electrons. The molecule has 3 heterocycles. The van der Waals surface area contributed by atoms with Crippen molar-refractivity contribution in [1.29, 1.82) is 0 Å². The van der Waals surface area contributed by atoms with Gasteiger partial charge in [-0.2, -0.15) is 0 Å². The van der Waals surface area contributed by atoms with Crippen molar-refractivity contribution in [3.8, 4) is 11.5 Å². The number of benzene rings is 1. The van der Waals surface area contributed by atoms with Crippen LogP contribution in [0.5, 0.6) is 0 Å². The van der Waals surface area contributed by atoms with Crippen molar-refractivity contribution in [3.63, 3.8) is 0 Å². The first-order valence-electron chi connectivity index (χ1n) is 9.80. The highest BCUT2D eigenvalue weighted by Crippen LogP contribution is 2.19. The number of nitrogens with zero attached hydrogens (tertiary/aromatic N) is 5. The maximum atomic E-state index is 5.64. The van der Waals surface area contributed by atoms with E-state index in [9.17, 15) is 0 Å². The Morgan fingerprint density at radius 3 is 2.53 bits per heavy atom. The predicted molar refractivity (Wildman–Crippen MR) is 126 cm³/mol. The van der Waals surface area contributed by atoms with Crippen LogP contribution in [-0.2, 0) is 13.1 Å². The SMILES string of the molecule is CN=C(NCc1coc(-c2ccc(C)cc2)n1)N1CCN(Cc2ccon2)CC1.I. The number of piperazine rings is 1. The first-order valence-corrected chi connectivity index (χ1v) is 9.80. The molecule has 0 amide bonds. The number of aromatic nitrogens is 2. The van der Waals surface area contributed by atoms with Crippen molar-refractivity contribution in [2.45, 2.75) is 20.0 Å². The Kier molecular flexibility index (Phi) is 7.86. The summed E-state index contributed by atoms with van der Waals surface area (Å²) < 4.78 is 10.6. The van der Waals surface area contributed by atoms with Crippen molar-refractivity contribution in [2.75, 3.05) is 33.2 Å². The van der Waals surface area contributed by atoms with Crippen LogP contribution in [0.15, 0.2) is 56.8 Å². The molecule has 1 N–H and O–H groups in total. The second kappa shape index (κ2) is 10.6. The average molecular weight is 522 g/mol. The van der Waals surface area contributed by atoms with Crippen LogP contribution in [0, 0.1) is 6.92 Å². The second-order valence-electron chi connectivity index (χ2n) is 7.16. The number of guanidine groups is 1. The third-order valence-electron chi connectivity index (χ3n) is 5.04. The van der Waals surface area contributed by atoms with E-state index in [0.717, 1.165) is 55.6 Å². The predicted octanol–water partition coefficient (Wildman–Crippen LogP) is 3.15. The molecule has 0 aliphatic carbocycles. The molecule has 2 aromatic heterocycles. The molecule has 1 aromatic carbocycles. The van der Waals surface area contributed by atoms with Gasteiger partial charge in [0.2, 0.25) is 5.89 Å². The molecule has 8 nitrogen and oxygen atoms in total. The van der Waals surface area contributed by atoms with Crippen molar-refractivity contribution in [2.24, 2.45) is 4.99 Å². The molecule has 0 atom stereocenters. The maximum absolute atomic E-state index is 5.64. The first-order chi connectivity index (χ1) is 14.2. The minimum atomic E-state index is 0. The molecule has 1 fully saturated rings. The number of aliphatic imine (C=N–C) groups is 1. The largest absolute Gasteiger partial charge is 0.444 e. The molecule has 30 heavy (non-hydrogen) atoms. The van der Waals surface area contributed by atoms with Gasteiger partial charge in [-0.25, -0.2) is 4.98 Å². The van der Waals surface area contributed by atoms with E-state index in [1.807, 2.05) is 25.2 Å². The highest BCUT2D eigenvalue weighted by atomic mass is 127. The number of hydrogen-bond acceptors (Lipinski definition) is 6. The van der Waals surface area contributed by atoms with E-state index < -0.39 is 0 Å². The van der Waals surface area contributed by atoms with E-state index in [-0.39, 0.29) is 24.0 Å². The van der Waals surface area contributed by atoms with E-state index in [2.05, 4.69) is 49.3 Å². The first kappa shape index (κ1) is 22.3. The van der Waals surface area contributed by atoms with Gasteiger partial charge in [0, 0.05) is 51.4 Å². The van der Waals surface area contributed by atoms with Gasteiger partial charge in [-0.3, -0.25) is 9.89 Å². The summed E-state index contributed by atoms with van der Waals surface area (Å²) >= 11 is 0. The Bertz CT molecular complexity index is 931. The number of hydrogen-bond donors (Lipinski definition) is 1. The summed E-state index contributed by atoms with van der Waals surface area (Å²) in [6.45, 7) is 7.17. The molecule has 1 saturated heterocycles. The average Bonchev–Trinajstić information content (AvgIpc) is 3.42. The summed E-state index contributed by atoms with van der Waals surface area (Å²) in [4.78, 5) is 13.7. The second-order valence-corrected chi connectivity index (χ2v) is 7.16. The Morgan fingerprint density at radius 1 is 1.10 bits per heavy atom. The van der Waals surface area contributed by atoms with Crippen molar-refractivity contribution in [1.82, 2.24) is 25.3 Å². The number of oxazole rings is 1. The lowest BCUT2D eigenvalue weighted by atomic mass is 10.1. The standard InChI is InChI=1S/C21H26N6O2.HI/c1-16-3-5-17(6-4-16)20-24-19(15-28-20)13-23-21(22-2)27-10-8-26(9-11-27)14-18-7-12-29-25-18;/h3-7,12,15H,8-11,13-14H2,1-2H3,(H,22,23);1H. The van der Waals surface area contributed by atoms with Crippen LogP contribution in [0.1, 0.15) is 17.0 Å². The lowest BCUT2D eigenvalue weighted by Crippen LogP contribution is -2.52. The Hall–Kier alpha value is -2.40. The molecule has 0 unspecified atom stereocenters. The van der Waals surface area contributed by atoms with Gasteiger partial charge >= 0.3 is 0 Å². The zero-order valence-electron chi connectivity index (χ0n) is 17.2. The lowest BCUT2D eigenvalue weighted by molar-refractivity contribution is 0.169. The van der Waals surface area contributed by atoms with Crippen molar-refractivity contribution in [3.05, 3.63) is 59.8 Å². The fourth-order valence-corrected chi connectivity index (χ4v) is 3.38. The quantitative estimate of drug-likeness (QED) is 0.313. The number of halogens is 1. The monoisotopic (exact) mass is 522 g/mol. The molecule has 9 heteroatoms. The van der Waals surface area contributed by atoms with Crippen molar-refractivity contribution >= 4 is 29.9 Å². The topological polar surface area (TPSA) is 82.9 Å². The summed E-state index contributed by atoms with van der Waals surface area (Å²) in [6.07, 6.45) is 3.32. The highest BCUT2D eigenvalue weighted by molar-refractivity contribution is 14.0. The van der Waals surface area contributed by atoms with Gasteiger partial charge in [0.25, 0.3) is 0 Å². The molecule has 0 spiro atoms. The van der Waals surface area contributed by atoms with Crippen molar-refractivity contribution < 1.29 is 8.94 Å². The van der Waals surface area contributed by atoms with Crippen LogP contribution in [0.4, 0.5) is 0 Å². The number of nitrogens with one attached hydrogen (secondary N) is 1. The van der Waals surface area contributed by atoms with E-state index >= 15 is 0 Å². The molecule has 160 valence electrons. The maximum Gasteiger partial charge on any atom is 0.226 e. The van der Waals surface area contributed by atoms with Gasteiger partial charge in [-0.05, 0) is 19.1 Å². The summed E-state index contributed by atoms with van der Waals surface area (Å²) in [6, 6.07) is 10.1. The smallest absolute Gasteiger partial charge is 0.226 e. The Labute approximate surface area is 193 Å². The van der Waals surface area contributed by atoms with Gasteiger partial charge in [0.15, 0.2) is 5.96 Å². The Balaban J connectivity index is 0.00000256. The highest BCUT2D eigenvalue weighted by Gasteiger charge is 2.20. The normalized spacial score (nSPS) is 15.1. The van der Waals surface area contributed by atoms with Gasteiger partial charge in [0.05, 0.1) is 17.9 Å². The van der Waals surface area contributed by atoms with Gasteiger partial charge in [0.1, 0.15) is 12.5 Å². The molecular weight excluding hydrogens is 495 g/mol. The van der Waals surface area contributed by atoms with Crippen LogP contribution in [0.25, 0.3) is 11.5 Å². The minimum absolute atomic E-state index is 0. The third-order valence-corrected chi connectivity index (χ3v) is 5.04. The third kappa shape index (κ3) is 5.60. The number of aryl methyl sites for hydroxylation is 1. The number of rotatable bonds is 5. The summed E-state index contributed by atoms with van der Waals surface area (Å²) in [5.41, 5.74) is 4.02. The fraction of sp³-hybridized carbons (Fsp3) is 0.381. The van der Waals surface area contributed by atoms with E-state index in [4.69, 9.17) is 8.94 Å². The zero-order valence-corrected chi connectivity index (χ0v) is 19.6. The summed E-state index contributed by atoms with van der Waals surface area (Å²) in [5.74, 6) is 1.52. The molecule has 1 aliphatic heterocycles. The van der Waals surface area contributed by atoms with Gasteiger partial charge < -0.3 is 19.2 Å². The summed E-state index contributed by atoms with van der Waals surface area (Å²) in [7, 11) is 1.81. The van der Waals surface area contributed by atoms with Gasteiger partial charge in [-0.15, -0.1) is 24.0 Å². The van der Waals surface area contributed by atoms with Crippen LogP contribution >= 0.6 is 24.0 Å². The van der Waals surface area contributed by atoms with E-state index in [0.29, 0.717) is 12.4 Å². The lowest BCUT2D eigenvalue weighted by Gasteiger charge is -2.36. The zero-order chi connectivity index (χ0) is 20.1.